The highest BCUT2D eigenvalue weighted by atomic mass is 32.2. The molecule has 0 spiro atoms. The Labute approximate surface area is 188 Å². The highest BCUT2D eigenvalue weighted by Gasteiger charge is 2.39. The summed E-state index contributed by atoms with van der Waals surface area (Å²) in [5.74, 6) is 1.45. The fourth-order valence-electron chi connectivity index (χ4n) is 3.91. The zero-order valence-corrected chi connectivity index (χ0v) is 18.9. The van der Waals surface area contributed by atoms with E-state index in [4.69, 9.17) is 14.2 Å². The van der Waals surface area contributed by atoms with E-state index < -0.39 is 16.1 Å². The average Bonchev–Trinajstić information content (AvgIpc) is 3.29. The number of carbonyl (C=O) groups is 1. The number of nitrogens with zero attached hydrogens (tertiary/aromatic N) is 1. The van der Waals surface area contributed by atoms with E-state index in [1.807, 2.05) is 31.2 Å². The summed E-state index contributed by atoms with van der Waals surface area (Å²) in [6, 6.07) is 11.6. The van der Waals surface area contributed by atoms with E-state index in [1.54, 1.807) is 6.07 Å². The molecule has 2 aliphatic rings. The molecule has 0 aromatic heterocycles. The van der Waals surface area contributed by atoms with E-state index in [0.29, 0.717) is 63.7 Å². The third-order valence-electron chi connectivity index (χ3n) is 5.51. The number of benzene rings is 2. The van der Waals surface area contributed by atoms with Gasteiger partial charge < -0.3 is 19.5 Å². The normalized spacial score (nSPS) is 18.3. The number of nitrogens with one attached hydrogen (secondary N) is 1. The number of carbonyl (C=O) groups excluding carboxylic acids is 1. The first-order valence-electron chi connectivity index (χ1n) is 10.8. The summed E-state index contributed by atoms with van der Waals surface area (Å²) >= 11 is 0. The number of hydrogen-bond donors (Lipinski definition) is 1. The first-order chi connectivity index (χ1) is 15.4. The summed E-state index contributed by atoms with van der Waals surface area (Å²) in [7, 11) is -3.83. The molecule has 0 bridgehead atoms. The van der Waals surface area contributed by atoms with Gasteiger partial charge in [-0.15, -0.1) is 0 Å². The Hall–Kier alpha value is -2.78. The molecule has 32 heavy (non-hydrogen) atoms. The number of ether oxygens (including phenoxy) is 3. The van der Waals surface area contributed by atoms with Crippen LogP contribution in [0.25, 0.3) is 0 Å². The van der Waals surface area contributed by atoms with Crippen molar-refractivity contribution in [2.75, 3.05) is 32.9 Å². The Kier molecular flexibility index (Phi) is 6.86. The number of rotatable bonds is 8. The summed E-state index contributed by atoms with van der Waals surface area (Å²) in [4.78, 5) is 12.8. The molecule has 4 rings (SSSR count). The molecule has 1 fully saturated rings. The van der Waals surface area contributed by atoms with Gasteiger partial charge >= 0.3 is 0 Å². The molecule has 1 saturated heterocycles. The summed E-state index contributed by atoms with van der Waals surface area (Å²) < 4.78 is 44.4. The largest absolute Gasteiger partial charge is 0.494 e. The summed E-state index contributed by atoms with van der Waals surface area (Å²) in [6.07, 6.45) is 1.76. The highest BCUT2D eigenvalue weighted by molar-refractivity contribution is 7.89. The van der Waals surface area contributed by atoms with Crippen LogP contribution in [0, 0.1) is 6.92 Å². The molecule has 8 nitrogen and oxygen atoms in total. The van der Waals surface area contributed by atoms with E-state index in [1.165, 1.54) is 16.4 Å². The SMILES string of the molecule is Cc1cccc(OCCCNC(=O)C2CCCN2S(=O)(=O)c2ccc3c(c2)OCCO3)c1. The van der Waals surface area contributed by atoms with Crippen LogP contribution in [0.3, 0.4) is 0 Å². The van der Waals surface area contributed by atoms with Crippen LogP contribution in [0.2, 0.25) is 0 Å². The highest BCUT2D eigenvalue weighted by Crippen LogP contribution is 2.34. The molecule has 1 N–H and O–H groups in total. The summed E-state index contributed by atoms with van der Waals surface area (Å²) in [6.45, 7) is 4.00. The second-order valence-electron chi connectivity index (χ2n) is 7.89. The Balaban J connectivity index is 1.32. The predicted molar refractivity (Wildman–Crippen MR) is 119 cm³/mol. The van der Waals surface area contributed by atoms with Gasteiger partial charge in [-0.05, 0) is 56.0 Å². The van der Waals surface area contributed by atoms with Crippen LogP contribution >= 0.6 is 0 Å². The van der Waals surface area contributed by atoms with Crippen molar-refractivity contribution in [1.82, 2.24) is 9.62 Å². The first-order valence-corrected chi connectivity index (χ1v) is 12.3. The minimum Gasteiger partial charge on any atom is -0.494 e. The molecule has 1 amide bonds. The van der Waals surface area contributed by atoms with Crippen LogP contribution in [0.5, 0.6) is 17.2 Å². The van der Waals surface area contributed by atoms with Gasteiger partial charge in [0.1, 0.15) is 25.0 Å². The van der Waals surface area contributed by atoms with Crippen LogP contribution in [-0.2, 0) is 14.8 Å². The first kappa shape index (κ1) is 22.4. The van der Waals surface area contributed by atoms with E-state index in [2.05, 4.69) is 5.32 Å². The van der Waals surface area contributed by atoms with Crippen LogP contribution < -0.4 is 19.5 Å². The van der Waals surface area contributed by atoms with Crippen molar-refractivity contribution in [2.24, 2.45) is 0 Å². The van der Waals surface area contributed by atoms with Gasteiger partial charge in [0.05, 0.1) is 11.5 Å². The topological polar surface area (TPSA) is 94.2 Å². The smallest absolute Gasteiger partial charge is 0.243 e. The fraction of sp³-hybridized carbons (Fsp3) is 0.435. The van der Waals surface area contributed by atoms with Crippen molar-refractivity contribution in [2.45, 2.75) is 37.1 Å². The van der Waals surface area contributed by atoms with Crippen molar-refractivity contribution in [3.05, 3.63) is 48.0 Å². The number of hydrogen-bond acceptors (Lipinski definition) is 6. The van der Waals surface area contributed by atoms with Gasteiger partial charge in [0.25, 0.3) is 0 Å². The summed E-state index contributed by atoms with van der Waals surface area (Å²) in [5.41, 5.74) is 1.12. The van der Waals surface area contributed by atoms with Gasteiger partial charge in [-0.25, -0.2) is 8.42 Å². The van der Waals surface area contributed by atoms with Gasteiger partial charge in [0.15, 0.2) is 11.5 Å². The number of aryl methyl sites for hydroxylation is 1. The molecular weight excluding hydrogens is 432 g/mol. The zero-order valence-electron chi connectivity index (χ0n) is 18.1. The maximum absolute atomic E-state index is 13.2. The van der Waals surface area contributed by atoms with Gasteiger partial charge in [-0.2, -0.15) is 4.31 Å². The Morgan fingerprint density at radius 2 is 1.97 bits per heavy atom. The van der Waals surface area contributed by atoms with E-state index >= 15 is 0 Å². The molecule has 0 aliphatic carbocycles. The standard InChI is InChI=1S/C23H28N2O6S/c1-17-5-2-6-18(15-17)29-12-4-10-24-23(26)20-7-3-11-25(20)32(27,28)19-8-9-21-22(16-19)31-14-13-30-21/h2,5-6,8-9,15-16,20H,3-4,7,10-14H2,1H3,(H,24,26). The Morgan fingerprint density at radius 3 is 2.78 bits per heavy atom. The molecule has 0 saturated carbocycles. The lowest BCUT2D eigenvalue weighted by Crippen LogP contribution is -2.46. The third kappa shape index (κ3) is 4.99. The summed E-state index contributed by atoms with van der Waals surface area (Å²) in [5, 5.41) is 2.86. The van der Waals surface area contributed by atoms with Gasteiger partial charge in [-0.3, -0.25) is 4.79 Å². The Bertz CT molecular complexity index is 1070. The van der Waals surface area contributed by atoms with E-state index in [-0.39, 0.29) is 10.8 Å². The van der Waals surface area contributed by atoms with Crippen molar-refractivity contribution in [3.63, 3.8) is 0 Å². The lowest BCUT2D eigenvalue weighted by molar-refractivity contribution is -0.124. The minimum absolute atomic E-state index is 0.105. The third-order valence-corrected chi connectivity index (χ3v) is 7.41. The maximum Gasteiger partial charge on any atom is 0.243 e. The predicted octanol–water partition coefficient (Wildman–Crippen LogP) is 2.50. The fourth-order valence-corrected chi connectivity index (χ4v) is 5.58. The molecule has 2 aromatic carbocycles. The second-order valence-corrected chi connectivity index (χ2v) is 9.78. The van der Waals surface area contributed by atoms with E-state index in [9.17, 15) is 13.2 Å². The molecule has 2 heterocycles. The van der Waals surface area contributed by atoms with Crippen molar-refractivity contribution >= 4 is 15.9 Å². The van der Waals surface area contributed by atoms with Crippen LogP contribution in [0.1, 0.15) is 24.8 Å². The molecule has 1 unspecified atom stereocenters. The monoisotopic (exact) mass is 460 g/mol. The van der Waals surface area contributed by atoms with Crippen molar-refractivity contribution in [3.8, 4) is 17.2 Å². The Morgan fingerprint density at radius 1 is 1.16 bits per heavy atom. The van der Waals surface area contributed by atoms with Crippen LogP contribution in [0.15, 0.2) is 47.4 Å². The van der Waals surface area contributed by atoms with Gasteiger partial charge in [0, 0.05) is 19.2 Å². The van der Waals surface area contributed by atoms with E-state index in [0.717, 1.165) is 11.3 Å². The van der Waals surface area contributed by atoms with Crippen molar-refractivity contribution in [1.29, 1.82) is 0 Å². The quantitative estimate of drug-likeness (QED) is 0.609. The number of amides is 1. The minimum atomic E-state index is -3.83. The van der Waals surface area contributed by atoms with Crippen molar-refractivity contribution < 1.29 is 27.4 Å². The lowest BCUT2D eigenvalue weighted by Gasteiger charge is -2.24. The molecule has 172 valence electrons. The lowest BCUT2D eigenvalue weighted by atomic mass is 10.2. The average molecular weight is 461 g/mol. The molecule has 2 aliphatic heterocycles. The number of fused-ring (bicyclic) bond motifs is 1. The maximum atomic E-state index is 13.2. The molecule has 9 heteroatoms. The molecule has 1 atom stereocenters. The number of sulfonamides is 1. The van der Waals surface area contributed by atoms with Gasteiger partial charge in [0.2, 0.25) is 15.9 Å². The second kappa shape index (κ2) is 9.79. The molecule has 2 aromatic rings. The molecule has 0 radical (unpaired) electrons. The van der Waals surface area contributed by atoms with Crippen LogP contribution in [0.4, 0.5) is 0 Å². The van der Waals surface area contributed by atoms with Gasteiger partial charge in [-0.1, -0.05) is 12.1 Å². The molecular formula is C23H28N2O6S. The van der Waals surface area contributed by atoms with Crippen LogP contribution in [-0.4, -0.2) is 57.6 Å². The zero-order chi connectivity index (χ0) is 22.6.